The van der Waals surface area contributed by atoms with E-state index in [-0.39, 0.29) is 11.7 Å². The van der Waals surface area contributed by atoms with Gasteiger partial charge in [0, 0.05) is 7.05 Å². The second kappa shape index (κ2) is 7.26. The third-order valence-corrected chi connectivity index (χ3v) is 5.12. The lowest BCUT2D eigenvalue weighted by molar-refractivity contribution is -0.139. The van der Waals surface area contributed by atoms with E-state index in [1.165, 1.54) is 12.1 Å². The smallest absolute Gasteiger partial charge is 0.233 e. The Balaban J connectivity index is 1.64. The Morgan fingerprint density at radius 1 is 1.20 bits per heavy atom. The highest BCUT2D eigenvalue weighted by Gasteiger charge is 2.47. The van der Waals surface area contributed by atoms with E-state index in [0.29, 0.717) is 13.2 Å². The number of hydrogen-bond acceptors (Lipinski definition) is 2. The molecule has 0 aliphatic heterocycles. The van der Waals surface area contributed by atoms with Crippen LogP contribution in [0.25, 0.3) is 0 Å². The van der Waals surface area contributed by atoms with E-state index < -0.39 is 5.41 Å². The second-order valence-corrected chi connectivity index (χ2v) is 6.79. The van der Waals surface area contributed by atoms with E-state index in [0.717, 1.165) is 36.1 Å². The Morgan fingerprint density at radius 2 is 1.96 bits per heavy atom. The monoisotopic (exact) mass is 341 g/mol. The van der Waals surface area contributed by atoms with Crippen molar-refractivity contribution in [2.24, 2.45) is 0 Å². The van der Waals surface area contributed by atoms with Crippen LogP contribution in [0, 0.1) is 12.7 Å². The summed E-state index contributed by atoms with van der Waals surface area (Å²) < 4.78 is 19.4. The van der Waals surface area contributed by atoms with Crippen molar-refractivity contribution in [3.63, 3.8) is 0 Å². The Hall–Kier alpha value is -2.36. The van der Waals surface area contributed by atoms with Crippen molar-refractivity contribution in [3.05, 3.63) is 65.5 Å². The summed E-state index contributed by atoms with van der Waals surface area (Å²) in [7, 11) is 1.79. The average Bonchev–Trinajstić information content (AvgIpc) is 2.55. The van der Waals surface area contributed by atoms with E-state index in [9.17, 15) is 9.18 Å². The van der Waals surface area contributed by atoms with Gasteiger partial charge < -0.3 is 9.64 Å². The Bertz CT molecular complexity index is 755. The summed E-state index contributed by atoms with van der Waals surface area (Å²) in [6, 6.07) is 14.3. The largest absolute Gasteiger partial charge is 0.491 e. The van der Waals surface area contributed by atoms with Crippen LogP contribution in [-0.4, -0.2) is 31.0 Å². The normalized spacial score (nSPS) is 15.3. The van der Waals surface area contributed by atoms with Crippen molar-refractivity contribution in [1.82, 2.24) is 4.90 Å². The minimum absolute atomic E-state index is 0.0535. The van der Waals surface area contributed by atoms with E-state index in [1.807, 2.05) is 37.3 Å². The molecule has 2 aromatic carbocycles. The number of likely N-dealkylation sites (N-methyl/N-ethyl adjacent to an activating group) is 1. The lowest BCUT2D eigenvalue weighted by atomic mass is 9.63. The average molecular weight is 341 g/mol. The van der Waals surface area contributed by atoms with Crippen LogP contribution in [0.5, 0.6) is 5.75 Å². The van der Waals surface area contributed by atoms with Crippen LogP contribution in [0.1, 0.15) is 30.4 Å². The summed E-state index contributed by atoms with van der Waals surface area (Å²) in [6.07, 6.45) is 2.55. The third kappa shape index (κ3) is 3.53. The summed E-state index contributed by atoms with van der Waals surface area (Å²) in [4.78, 5) is 14.7. The number of ether oxygens (including phenoxy) is 1. The molecule has 1 aliphatic rings. The van der Waals surface area contributed by atoms with E-state index >= 15 is 0 Å². The first-order valence-electron chi connectivity index (χ1n) is 8.73. The van der Waals surface area contributed by atoms with Crippen LogP contribution in [0.4, 0.5) is 4.39 Å². The Morgan fingerprint density at radius 3 is 2.60 bits per heavy atom. The van der Waals surface area contributed by atoms with E-state index in [1.54, 1.807) is 18.0 Å². The predicted molar refractivity (Wildman–Crippen MR) is 96.2 cm³/mol. The van der Waals surface area contributed by atoms with Gasteiger partial charge in [-0.2, -0.15) is 0 Å². The highest BCUT2D eigenvalue weighted by molar-refractivity contribution is 5.89. The van der Waals surface area contributed by atoms with Crippen LogP contribution in [0.3, 0.4) is 0 Å². The second-order valence-electron chi connectivity index (χ2n) is 6.79. The highest BCUT2D eigenvalue weighted by atomic mass is 19.1. The van der Waals surface area contributed by atoms with Crippen molar-refractivity contribution in [1.29, 1.82) is 0 Å². The molecule has 1 fully saturated rings. The molecule has 0 radical (unpaired) electrons. The Kier molecular flexibility index (Phi) is 5.07. The van der Waals surface area contributed by atoms with Crippen LogP contribution < -0.4 is 4.74 Å². The molecule has 0 atom stereocenters. The fourth-order valence-electron chi connectivity index (χ4n) is 3.42. The van der Waals surface area contributed by atoms with Gasteiger partial charge in [-0.3, -0.25) is 4.79 Å². The van der Waals surface area contributed by atoms with Crippen LogP contribution >= 0.6 is 0 Å². The number of rotatable bonds is 6. The molecule has 3 rings (SSSR count). The molecule has 0 aromatic heterocycles. The summed E-state index contributed by atoms with van der Waals surface area (Å²) >= 11 is 0. The molecule has 1 aliphatic carbocycles. The van der Waals surface area contributed by atoms with Gasteiger partial charge in [0.15, 0.2) is 0 Å². The maximum atomic E-state index is 13.6. The van der Waals surface area contributed by atoms with Gasteiger partial charge in [-0.05, 0) is 49.1 Å². The lowest BCUT2D eigenvalue weighted by Crippen LogP contribution is -2.50. The van der Waals surface area contributed by atoms with Crippen molar-refractivity contribution in [2.75, 3.05) is 20.2 Å². The van der Waals surface area contributed by atoms with Crippen LogP contribution in [0.15, 0.2) is 48.5 Å². The minimum atomic E-state index is -0.570. The summed E-state index contributed by atoms with van der Waals surface area (Å²) in [5.41, 5.74) is 1.29. The number of carbonyl (C=O) groups is 1. The third-order valence-electron chi connectivity index (χ3n) is 5.12. The lowest BCUT2D eigenvalue weighted by Gasteiger charge is -2.43. The van der Waals surface area contributed by atoms with Gasteiger partial charge in [-0.15, -0.1) is 0 Å². The number of aryl methyl sites for hydroxylation is 1. The standard InChI is InChI=1S/C21H24FNO2/c1-16-7-3-4-10-19(16)25-14-13-23(2)20(24)21(11-6-12-21)17-8-5-9-18(22)15-17/h3-5,7-10,15H,6,11-14H2,1-2H3. The maximum absolute atomic E-state index is 13.6. The van der Waals surface area contributed by atoms with Crippen LogP contribution in [0.2, 0.25) is 0 Å². The quantitative estimate of drug-likeness (QED) is 0.792. The molecule has 0 unspecified atom stereocenters. The van der Waals surface area contributed by atoms with Crippen molar-refractivity contribution in [3.8, 4) is 5.75 Å². The van der Waals surface area contributed by atoms with Crippen molar-refractivity contribution < 1.29 is 13.9 Å². The number of amides is 1. The van der Waals surface area contributed by atoms with Gasteiger partial charge in [0.05, 0.1) is 12.0 Å². The minimum Gasteiger partial charge on any atom is -0.491 e. The molecule has 2 aromatic rings. The highest BCUT2D eigenvalue weighted by Crippen LogP contribution is 2.45. The molecule has 0 heterocycles. The Labute approximate surface area is 148 Å². The summed E-state index contributed by atoms with van der Waals surface area (Å²) in [5, 5.41) is 0. The first-order valence-corrected chi connectivity index (χ1v) is 8.73. The molecular formula is C21H24FNO2. The zero-order chi connectivity index (χ0) is 17.9. The number of nitrogens with zero attached hydrogens (tertiary/aromatic N) is 1. The van der Waals surface area contributed by atoms with Gasteiger partial charge in [0.1, 0.15) is 18.2 Å². The molecule has 0 bridgehead atoms. The molecule has 0 N–H and O–H groups in total. The number of benzene rings is 2. The van der Waals surface area contributed by atoms with E-state index in [4.69, 9.17) is 4.74 Å². The molecule has 132 valence electrons. The number of halogens is 1. The molecule has 0 saturated heterocycles. The molecule has 3 nitrogen and oxygen atoms in total. The number of hydrogen-bond donors (Lipinski definition) is 0. The van der Waals surface area contributed by atoms with Gasteiger partial charge in [-0.25, -0.2) is 4.39 Å². The molecule has 0 spiro atoms. The molecular weight excluding hydrogens is 317 g/mol. The first kappa shape index (κ1) is 17.5. The fraction of sp³-hybridized carbons (Fsp3) is 0.381. The SMILES string of the molecule is Cc1ccccc1OCCN(C)C(=O)C1(c2cccc(F)c2)CCC1. The van der Waals surface area contributed by atoms with E-state index in [2.05, 4.69) is 0 Å². The first-order chi connectivity index (χ1) is 12.0. The molecule has 1 saturated carbocycles. The molecule has 25 heavy (non-hydrogen) atoms. The van der Waals surface area contributed by atoms with Gasteiger partial charge in [-0.1, -0.05) is 36.8 Å². The van der Waals surface area contributed by atoms with Gasteiger partial charge in [0.2, 0.25) is 5.91 Å². The maximum Gasteiger partial charge on any atom is 0.233 e. The molecule has 4 heteroatoms. The topological polar surface area (TPSA) is 29.5 Å². The predicted octanol–water partition coefficient (Wildman–Crippen LogP) is 4.09. The zero-order valence-electron chi connectivity index (χ0n) is 14.8. The van der Waals surface area contributed by atoms with Gasteiger partial charge >= 0.3 is 0 Å². The summed E-state index contributed by atoms with van der Waals surface area (Å²) in [5.74, 6) is 0.603. The zero-order valence-corrected chi connectivity index (χ0v) is 14.8. The number of para-hydroxylation sites is 1. The van der Waals surface area contributed by atoms with Crippen molar-refractivity contribution >= 4 is 5.91 Å². The van der Waals surface area contributed by atoms with Crippen LogP contribution in [-0.2, 0) is 10.2 Å². The summed E-state index contributed by atoms with van der Waals surface area (Å²) in [6.45, 7) is 2.94. The molecule has 1 amide bonds. The number of carbonyl (C=O) groups excluding carboxylic acids is 1. The van der Waals surface area contributed by atoms with Gasteiger partial charge in [0.25, 0.3) is 0 Å². The fourth-order valence-corrected chi connectivity index (χ4v) is 3.42. The van der Waals surface area contributed by atoms with Crippen molar-refractivity contribution in [2.45, 2.75) is 31.6 Å².